The summed E-state index contributed by atoms with van der Waals surface area (Å²) in [6, 6.07) is 15.8. The molecule has 0 spiro atoms. The molecule has 178 valence electrons. The first-order valence-corrected chi connectivity index (χ1v) is 12.0. The van der Waals surface area contributed by atoms with Crippen molar-refractivity contribution in [2.45, 2.75) is 4.90 Å². The lowest BCUT2D eigenvalue weighted by Crippen LogP contribution is -2.09. The zero-order chi connectivity index (χ0) is 24.7. The highest BCUT2D eigenvalue weighted by Gasteiger charge is 2.29. The van der Waals surface area contributed by atoms with E-state index in [4.69, 9.17) is 18.4 Å². The first kappa shape index (κ1) is 22.5. The SMILES string of the molecule is COc1ccc(S(=O)(=O)Oc2ccc3c(c2)O/C(=C/c2cn(C)c4ccc(OC)cc24)C3=O)cc1. The van der Waals surface area contributed by atoms with Gasteiger partial charge in [0.1, 0.15) is 27.9 Å². The number of hydrogen-bond donors (Lipinski definition) is 0. The molecule has 1 aliphatic rings. The van der Waals surface area contributed by atoms with Gasteiger partial charge in [0.05, 0.1) is 19.8 Å². The minimum Gasteiger partial charge on any atom is -0.497 e. The van der Waals surface area contributed by atoms with Gasteiger partial charge in [-0.1, -0.05) is 0 Å². The van der Waals surface area contributed by atoms with E-state index in [0.717, 1.165) is 16.5 Å². The summed E-state index contributed by atoms with van der Waals surface area (Å²) >= 11 is 0. The average Bonchev–Trinajstić information content (AvgIpc) is 3.34. The maximum atomic E-state index is 12.9. The number of methoxy groups -OCH3 is 2. The van der Waals surface area contributed by atoms with Crippen molar-refractivity contribution < 1.29 is 31.6 Å². The highest BCUT2D eigenvalue weighted by Crippen LogP contribution is 2.37. The van der Waals surface area contributed by atoms with Crippen molar-refractivity contribution in [3.8, 4) is 23.0 Å². The number of rotatable bonds is 6. The minimum absolute atomic E-state index is 0.0252. The molecular weight excluding hydrogens is 470 g/mol. The van der Waals surface area contributed by atoms with Gasteiger partial charge in [0.15, 0.2) is 5.76 Å². The van der Waals surface area contributed by atoms with Crippen LogP contribution >= 0.6 is 0 Å². The number of aromatic nitrogens is 1. The van der Waals surface area contributed by atoms with Crippen molar-refractivity contribution in [3.63, 3.8) is 0 Å². The summed E-state index contributed by atoms with van der Waals surface area (Å²) in [4.78, 5) is 12.9. The number of carbonyl (C=O) groups is 1. The van der Waals surface area contributed by atoms with Gasteiger partial charge in [-0.05, 0) is 60.7 Å². The number of Topliss-reactive ketones (excluding diaryl/α,β-unsaturated/α-hetero) is 1. The number of hydrogen-bond acceptors (Lipinski definition) is 7. The molecule has 0 radical (unpaired) electrons. The average molecular weight is 492 g/mol. The summed E-state index contributed by atoms with van der Waals surface area (Å²) in [6.07, 6.45) is 3.56. The summed E-state index contributed by atoms with van der Waals surface area (Å²) in [5, 5.41) is 0.904. The van der Waals surface area contributed by atoms with E-state index in [1.807, 2.05) is 36.0 Å². The fourth-order valence-corrected chi connectivity index (χ4v) is 4.84. The van der Waals surface area contributed by atoms with Gasteiger partial charge in [-0.15, -0.1) is 0 Å². The summed E-state index contributed by atoms with van der Waals surface area (Å²) in [5.41, 5.74) is 2.08. The Balaban J connectivity index is 1.43. The van der Waals surface area contributed by atoms with Gasteiger partial charge in [-0.3, -0.25) is 4.79 Å². The van der Waals surface area contributed by atoms with Crippen LogP contribution in [0.1, 0.15) is 15.9 Å². The third kappa shape index (κ3) is 4.10. The monoisotopic (exact) mass is 491 g/mol. The van der Waals surface area contributed by atoms with Gasteiger partial charge < -0.3 is 23.0 Å². The Bertz CT molecular complexity index is 1600. The summed E-state index contributed by atoms with van der Waals surface area (Å²) in [5.74, 6) is 1.31. The van der Waals surface area contributed by atoms with Crippen molar-refractivity contribution in [1.82, 2.24) is 4.57 Å². The number of ether oxygens (including phenoxy) is 3. The van der Waals surface area contributed by atoms with E-state index in [9.17, 15) is 13.2 Å². The second-order valence-electron chi connectivity index (χ2n) is 7.89. The van der Waals surface area contributed by atoms with Gasteiger partial charge in [-0.25, -0.2) is 0 Å². The van der Waals surface area contributed by atoms with Crippen LogP contribution in [0.5, 0.6) is 23.0 Å². The number of ketones is 1. The fourth-order valence-electron chi connectivity index (χ4n) is 3.92. The molecule has 0 unspecified atom stereocenters. The van der Waals surface area contributed by atoms with Crippen LogP contribution in [0.4, 0.5) is 0 Å². The Morgan fingerprint density at radius 1 is 0.886 bits per heavy atom. The Hall–Kier alpha value is -4.24. The van der Waals surface area contributed by atoms with Crippen LogP contribution in [0.15, 0.2) is 77.5 Å². The normalized spacial score (nSPS) is 14.1. The maximum absolute atomic E-state index is 12.9. The molecule has 0 fully saturated rings. The van der Waals surface area contributed by atoms with E-state index >= 15 is 0 Å². The number of fused-ring (bicyclic) bond motifs is 2. The molecule has 0 atom stereocenters. The lowest BCUT2D eigenvalue weighted by molar-refractivity contribution is 0.101. The minimum atomic E-state index is -4.08. The van der Waals surface area contributed by atoms with E-state index < -0.39 is 10.1 Å². The summed E-state index contributed by atoms with van der Waals surface area (Å²) < 4.78 is 48.7. The first-order chi connectivity index (χ1) is 16.8. The van der Waals surface area contributed by atoms with Crippen molar-refractivity contribution in [2.24, 2.45) is 7.05 Å². The van der Waals surface area contributed by atoms with Gasteiger partial charge in [0, 0.05) is 35.8 Å². The highest BCUT2D eigenvalue weighted by atomic mass is 32.2. The van der Waals surface area contributed by atoms with Gasteiger partial charge in [0.25, 0.3) is 0 Å². The van der Waals surface area contributed by atoms with Crippen molar-refractivity contribution in [2.75, 3.05) is 14.2 Å². The van der Waals surface area contributed by atoms with Crippen LogP contribution in [0.3, 0.4) is 0 Å². The van der Waals surface area contributed by atoms with Gasteiger partial charge >= 0.3 is 10.1 Å². The van der Waals surface area contributed by atoms with Crippen molar-refractivity contribution in [1.29, 1.82) is 0 Å². The Morgan fingerprint density at radius 3 is 2.29 bits per heavy atom. The third-order valence-corrected chi connectivity index (χ3v) is 6.97. The molecular formula is C26H21NO7S. The molecule has 4 aromatic rings. The summed E-state index contributed by atoms with van der Waals surface area (Å²) in [6.45, 7) is 0. The Morgan fingerprint density at radius 2 is 1.57 bits per heavy atom. The smallest absolute Gasteiger partial charge is 0.339 e. The zero-order valence-corrected chi connectivity index (χ0v) is 20.0. The van der Waals surface area contributed by atoms with Gasteiger partial charge in [-0.2, -0.15) is 8.42 Å². The van der Waals surface area contributed by atoms with Crippen LogP contribution in [-0.4, -0.2) is 33.0 Å². The van der Waals surface area contributed by atoms with Crippen LogP contribution < -0.4 is 18.4 Å². The van der Waals surface area contributed by atoms with E-state index in [1.165, 1.54) is 49.6 Å². The van der Waals surface area contributed by atoms with Crippen LogP contribution in [0.25, 0.3) is 17.0 Å². The zero-order valence-electron chi connectivity index (χ0n) is 19.1. The highest BCUT2D eigenvalue weighted by molar-refractivity contribution is 7.87. The predicted octanol–water partition coefficient (Wildman–Crippen LogP) is 4.58. The van der Waals surface area contributed by atoms with Gasteiger partial charge in [0.2, 0.25) is 5.78 Å². The third-order valence-electron chi connectivity index (χ3n) is 5.71. The van der Waals surface area contributed by atoms with Crippen molar-refractivity contribution >= 4 is 32.9 Å². The largest absolute Gasteiger partial charge is 0.497 e. The fraction of sp³-hybridized carbons (Fsp3) is 0.115. The molecule has 2 heterocycles. The van der Waals surface area contributed by atoms with Crippen LogP contribution in [0.2, 0.25) is 0 Å². The molecule has 3 aromatic carbocycles. The van der Waals surface area contributed by atoms with E-state index in [0.29, 0.717) is 17.1 Å². The second kappa shape index (κ2) is 8.52. The first-order valence-electron chi connectivity index (χ1n) is 10.6. The topological polar surface area (TPSA) is 93.1 Å². The summed E-state index contributed by atoms with van der Waals surface area (Å²) in [7, 11) is 0.914. The number of allylic oxidation sites excluding steroid dienone is 1. The number of benzene rings is 3. The molecule has 5 rings (SSSR count). The quantitative estimate of drug-likeness (QED) is 0.288. The number of aryl methyl sites for hydroxylation is 1. The number of carbonyl (C=O) groups excluding carboxylic acids is 1. The van der Waals surface area contributed by atoms with E-state index in [-0.39, 0.29) is 27.9 Å². The molecule has 0 saturated carbocycles. The van der Waals surface area contributed by atoms with Crippen molar-refractivity contribution in [3.05, 3.63) is 83.7 Å². The second-order valence-corrected chi connectivity index (χ2v) is 9.44. The van der Waals surface area contributed by atoms with Crippen LogP contribution in [0, 0.1) is 0 Å². The molecule has 8 nitrogen and oxygen atoms in total. The molecule has 0 saturated heterocycles. The maximum Gasteiger partial charge on any atom is 0.339 e. The molecule has 0 amide bonds. The van der Waals surface area contributed by atoms with E-state index in [1.54, 1.807) is 13.2 Å². The Labute approximate surface area is 202 Å². The molecule has 0 aliphatic carbocycles. The molecule has 1 aliphatic heterocycles. The predicted molar refractivity (Wildman–Crippen MR) is 130 cm³/mol. The molecule has 1 aromatic heterocycles. The lowest BCUT2D eigenvalue weighted by Gasteiger charge is -2.08. The standard InChI is InChI=1S/C26H21NO7S/c1-27-15-16(22-13-18(32-3)7-11-23(22)27)12-25-26(28)21-10-6-19(14-24(21)33-25)34-35(29,30)20-8-4-17(31-2)5-9-20/h4-15H,1-3H3/b25-12+. The molecule has 0 N–H and O–H groups in total. The van der Waals surface area contributed by atoms with Crippen LogP contribution in [-0.2, 0) is 17.2 Å². The molecule has 9 heteroatoms. The Kier molecular flexibility index (Phi) is 5.49. The van der Waals surface area contributed by atoms with E-state index in [2.05, 4.69) is 0 Å². The molecule has 0 bridgehead atoms. The molecule has 35 heavy (non-hydrogen) atoms. The number of nitrogens with zero attached hydrogens (tertiary/aromatic N) is 1. The lowest BCUT2D eigenvalue weighted by atomic mass is 10.1.